The number of fused-ring (bicyclic) bond motifs is 1. The Hall–Kier alpha value is -1.35. The van der Waals surface area contributed by atoms with Gasteiger partial charge in [-0.05, 0) is 37.8 Å². The van der Waals surface area contributed by atoms with E-state index in [9.17, 15) is 5.11 Å². The number of aromatic nitrogens is 2. The summed E-state index contributed by atoms with van der Waals surface area (Å²) in [6.45, 7) is 5.23. The molecule has 0 radical (unpaired) electrons. The summed E-state index contributed by atoms with van der Waals surface area (Å²) in [5.41, 5.74) is 1.68. The van der Waals surface area contributed by atoms with Gasteiger partial charge in [-0.1, -0.05) is 19.1 Å². The van der Waals surface area contributed by atoms with Gasteiger partial charge in [-0.2, -0.15) is 0 Å². The molecule has 96 valence electrons. The second kappa shape index (κ2) is 4.09. The predicted octanol–water partition coefficient (Wildman–Crippen LogP) is 2.76. The molecule has 3 nitrogen and oxygen atoms in total. The Balaban J connectivity index is 1.96. The molecular formula is C15H20N2O. The third kappa shape index (κ3) is 1.83. The molecule has 0 aliphatic heterocycles. The number of hydrogen-bond acceptors (Lipinski definition) is 2. The highest BCUT2D eigenvalue weighted by atomic mass is 16.3. The van der Waals surface area contributed by atoms with Crippen LogP contribution in [0.25, 0.3) is 11.0 Å². The van der Waals surface area contributed by atoms with Gasteiger partial charge in [0.1, 0.15) is 5.82 Å². The van der Waals surface area contributed by atoms with Crippen LogP contribution in [0, 0.1) is 5.92 Å². The molecule has 0 atom stereocenters. The standard InChI is InChI=1S/C15H20N2O/c1-3-17-13-7-5-4-6-12(13)16-14(17)10-15(18)8-11(2)9-15/h4-7,11,18H,3,8-10H2,1-2H3. The largest absolute Gasteiger partial charge is 0.389 e. The first kappa shape index (κ1) is 11.7. The average Bonchev–Trinajstić information content (AvgIpc) is 2.63. The summed E-state index contributed by atoms with van der Waals surface area (Å²) in [6.07, 6.45) is 2.49. The van der Waals surface area contributed by atoms with Gasteiger partial charge in [-0.3, -0.25) is 0 Å². The predicted molar refractivity (Wildman–Crippen MR) is 72.5 cm³/mol. The van der Waals surface area contributed by atoms with Gasteiger partial charge in [0.15, 0.2) is 0 Å². The van der Waals surface area contributed by atoms with Crippen molar-refractivity contribution in [3.8, 4) is 0 Å². The lowest BCUT2D eigenvalue weighted by molar-refractivity contribution is -0.0683. The van der Waals surface area contributed by atoms with Crippen molar-refractivity contribution in [2.45, 2.75) is 45.3 Å². The summed E-state index contributed by atoms with van der Waals surface area (Å²) >= 11 is 0. The van der Waals surface area contributed by atoms with E-state index in [2.05, 4.69) is 29.5 Å². The fourth-order valence-corrected chi connectivity index (χ4v) is 3.29. The van der Waals surface area contributed by atoms with Crippen LogP contribution in [0.3, 0.4) is 0 Å². The number of rotatable bonds is 3. The van der Waals surface area contributed by atoms with Gasteiger partial charge >= 0.3 is 0 Å². The Bertz CT molecular complexity index is 567. The summed E-state index contributed by atoms with van der Waals surface area (Å²) in [4.78, 5) is 4.68. The summed E-state index contributed by atoms with van der Waals surface area (Å²) in [6, 6.07) is 8.19. The van der Waals surface area contributed by atoms with E-state index in [0.717, 1.165) is 30.7 Å². The number of aliphatic hydroxyl groups is 1. The number of hydrogen-bond donors (Lipinski definition) is 1. The SMILES string of the molecule is CCn1c(CC2(O)CC(C)C2)nc2ccccc21. The van der Waals surface area contributed by atoms with Crippen LogP contribution in [0.5, 0.6) is 0 Å². The third-order valence-electron chi connectivity index (χ3n) is 3.99. The number of imidazole rings is 1. The van der Waals surface area contributed by atoms with Crippen molar-refractivity contribution in [3.05, 3.63) is 30.1 Å². The second-order valence-corrected chi connectivity index (χ2v) is 5.68. The molecule has 1 fully saturated rings. The van der Waals surface area contributed by atoms with Crippen molar-refractivity contribution < 1.29 is 5.11 Å². The molecule has 1 aliphatic carbocycles. The highest BCUT2D eigenvalue weighted by Crippen LogP contribution is 2.39. The first-order valence-electron chi connectivity index (χ1n) is 6.78. The summed E-state index contributed by atoms with van der Waals surface area (Å²) in [5.74, 6) is 1.67. The lowest BCUT2D eigenvalue weighted by atomic mass is 9.70. The molecule has 0 bridgehead atoms. The van der Waals surface area contributed by atoms with E-state index in [1.165, 1.54) is 5.52 Å². The van der Waals surface area contributed by atoms with E-state index in [0.29, 0.717) is 12.3 Å². The molecule has 0 amide bonds. The van der Waals surface area contributed by atoms with Gasteiger partial charge in [-0.15, -0.1) is 0 Å². The van der Waals surface area contributed by atoms with Crippen molar-refractivity contribution >= 4 is 11.0 Å². The summed E-state index contributed by atoms with van der Waals surface area (Å²) in [5, 5.41) is 10.4. The van der Waals surface area contributed by atoms with Gasteiger partial charge in [0.25, 0.3) is 0 Å². The Kier molecular flexibility index (Phi) is 2.67. The van der Waals surface area contributed by atoms with Crippen LogP contribution in [0.4, 0.5) is 0 Å². The zero-order valence-corrected chi connectivity index (χ0v) is 11.1. The maximum Gasteiger partial charge on any atom is 0.112 e. The van der Waals surface area contributed by atoms with E-state index in [1.54, 1.807) is 0 Å². The van der Waals surface area contributed by atoms with Gasteiger partial charge in [0, 0.05) is 13.0 Å². The van der Waals surface area contributed by atoms with Crippen molar-refractivity contribution in [1.82, 2.24) is 9.55 Å². The van der Waals surface area contributed by atoms with E-state index in [-0.39, 0.29) is 0 Å². The van der Waals surface area contributed by atoms with Crippen LogP contribution in [0.15, 0.2) is 24.3 Å². The lowest BCUT2D eigenvalue weighted by Crippen LogP contribution is -2.45. The molecule has 1 heterocycles. The fourth-order valence-electron chi connectivity index (χ4n) is 3.29. The topological polar surface area (TPSA) is 38.0 Å². The first-order valence-corrected chi connectivity index (χ1v) is 6.78. The molecule has 3 heteroatoms. The Morgan fingerprint density at radius 1 is 1.39 bits per heavy atom. The minimum absolute atomic E-state index is 0.520. The molecule has 3 rings (SSSR count). The van der Waals surface area contributed by atoms with Crippen LogP contribution in [-0.2, 0) is 13.0 Å². The molecule has 0 spiro atoms. The molecule has 0 saturated heterocycles. The summed E-state index contributed by atoms with van der Waals surface area (Å²) in [7, 11) is 0. The number of benzene rings is 1. The number of nitrogens with zero attached hydrogens (tertiary/aromatic N) is 2. The van der Waals surface area contributed by atoms with Crippen molar-refractivity contribution in [1.29, 1.82) is 0 Å². The molecule has 0 unspecified atom stereocenters. The molecule has 1 aliphatic rings. The van der Waals surface area contributed by atoms with Gasteiger partial charge < -0.3 is 9.67 Å². The van der Waals surface area contributed by atoms with Gasteiger partial charge in [-0.25, -0.2) is 4.98 Å². The Morgan fingerprint density at radius 3 is 2.78 bits per heavy atom. The minimum atomic E-state index is -0.520. The van der Waals surface area contributed by atoms with Crippen molar-refractivity contribution in [2.75, 3.05) is 0 Å². The number of aryl methyl sites for hydroxylation is 1. The second-order valence-electron chi connectivity index (χ2n) is 5.68. The average molecular weight is 244 g/mol. The van der Waals surface area contributed by atoms with Crippen LogP contribution in [0.2, 0.25) is 0 Å². The van der Waals surface area contributed by atoms with Crippen molar-refractivity contribution in [2.24, 2.45) is 5.92 Å². The first-order chi connectivity index (χ1) is 8.61. The Morgan fingerprint density at radius 2 is 2.11 bits per heavy atom. The zero-order chi connectivity index (χ0) is 12.8. The smallest absolute Gasteiger partial charge is 0.112 e. The van der Waals surface area contributed by atoms with E-state index in [1.807, 2.05) is 18.2 Å². The van der Waals surface area contributed by atoms with E-state index >= 15 is 0 Å². The monoisotopic (exact) mass is 244 g/mol. The summed E-state index contributed by atoms with van der Waals surface area (Å²) < 4.78 is 2.22. The van der Waals surface area contributed by atoms with E-state index in [4.69, 9.17) is 0 Å². The van der Waals surface area contributed by atoms with Gasteiger partial charge in [0.2, 0.25) is 0 Å². The lowest BCUT2D eigenvalue weighted by Gasteiger charge is -2.41. The van der Waals surface area contributed by atoms with E-state index < -0.39 is 5.60 Å². The van der Waals surface area contributed by atoms with Crippen molar-refractivity contribution in [3.63, 3.8) is 0 Å². The maximum absolute atomic E-state index is 10.4. The molecular weight excluding hydrogens is 224 g/mol. The zero-order valence-electron chi connectivity index (χ0n) is 11.1. The van der Waals surface area contributed by atoms with Crippen LogP contribution in [0.1, 0.15) is 32.5 Å². The number of para-hydroxylation sites is 2. The molecule has 1 saturated carbocycles. The Labute approximate surface area is 107 Å². The molecule has 1 aromatic heterocycles. The minimum Gasteiger partial charge on any atom is -0.389 e. The van der Waals surface area contributed by atoms with Crippen LogP contribution in [-0.4, -0.2) is 20.3 Å². The molecule has 18 heavy (non-hydrogen) atoms. The third-order valence-corrected chi connectivity index (χ3v) is 3.99. The normalized spacial score (nSPS) is 27.4. The highest BCUT2D eigenvalue weighted by Gasteiger charge is 2.41. The van der Waals surface area contributed by atoms with Gasteiger partial charge in [0.05, 0.1) is 16.6 Å². The van der Waals surface area contributed by atoms with Crippen LogP contribution >= 0.6 is 0 Å². The molecule has 1 aromatic carbocycles. The molecule has 1 N–H and O–H groups in total. The highest BCUT2D eigenvalue weighted by molar-refractivity contribution is 5.75. The maximum atomic E-state index is 10.4. The van der Waals surface area contributed by atoms with Crippen LogP contribution < -0.4 is 0 Å². The molecule has 2 aromatic rings. The fraction of sp³-hybridized carbons (Fsp3) is 0.533. The quantitative estimate of drug-likeness (QED) is 0.901.